The van der Waals surface area contributed by atoms with Crippen LogP contribution in [-0.4, -0.2) is 6.54 Å². The minimum absolute atomic E-state index is 0.600. The summed E-state index contributed by atoms with van der Waals surface area (Å²) in [4.78, 5) is 0. The van der Waals surface area contributed by atoms with Crippen LogP contribution in [0.15, 0.2) is 54.6 Å². The second-order valence-corrected chi connectivity index (χ2v) is 4.90. The van der Waals surface area contributed by atoms with Crippen LogP contribution in [0.4, 0.5) is 5.69 Å². The van der Waals surface area contributed by atoms with Crippen LogP contribution in [0.25, 0.3) is 0 Å². The Balaban J connectivity index is 1.82. The number of hydrogen-bond acceptors (Lipinski definition) is 1. The molecule has 1 unspecified atom stereocenters. The van der Waals surface area contributed by atoms with Gasteiger partial charge in [-0.05, 0) is 42.5 Å². The third kappa shape index (κ3) is 3.63. The molecule has 2 aromatic carbocycles. The molecule has 0 amide bonds. The predicted molar refractivity (Wildman–Crippen MR) is 79.1 cm³/mol. The molecule has 0 fully saturated rings. The van der Waals surface area contributed by atoms with E-state index in [2.05, 4.69) is 73.8 Å². The molecule has 0 aliphatic rings. The van der Waals surface area contributed by atoms with Gasteiger partial charge in [-0.25, -0.2) is 0 Å². The van der Waals surface area contributed by atoms with Crippen LogP contribution in [0.2, 0.25) is 0 Å². The summed E-state index contributed by atoms with van der Waals surface area (Å²) >= 11 is 0. The Kier molecular flexibility index (Phi) is 4.40. The molecule has 0 aliphatic carbocycles. The van der Waals surface area contributed by atoms with Gasteiger partial charge in [-0.2, -0.15) is 0 Å². The van der Waals surface area contributed by atoms with Crippen molar-refractivity contribution in [1.82, 2.24) is 0 Å². The third-order valence-electron chi connectivity index (χ3n) is 3.29. The van der Waals surface area contributed by atoms with E-state index in [1.807, 2.05) is 0 Å². The molecule has 94 valence electrons. The predicted octanol–water partition coefficient (Wildman–Crippen LogP) is 4.60. The molecule has 1 atom stereocenters. The Morgan fingerprint density at radius 3 is 2.50 bits per heavy atom. The van der Waals surface area contributed by atoms with Gasteiger partial charge in [0.05, 0.1) is 0 Å². The molecule has 1 nitrogen and oxygen atoms in total. The fourth-order valence-corrected chi connectivity index (χ4v) is 2.14. The van der Waals surface area contributed by atoms with Gasteiger partial charge in [0.15, 0.2) is 0 Å². The SMILES string of the molecule is Cc1cccc(NCCC(C)c2ccccc2)c1. The van der Waals surface area contributed by atoms with Crippen molar-refractivity contribution in [1.29, 1.82) is 0 Å². The van der Waals surface area contributed by atoms with Gasteiger partial charge in [-0.3, -0.25) is 0 Å². The van der Waals surface area contributed by atoms with Crippen LogP contribution in [0.1, 0.15) is 30.4 Å². The lowest BCUT2D eigenvalue weighted by Gasteiger charge is -2.13. The van der Waals surface area contributed by atoms with Gasteiger partial charge in [0.1, 0.15) is 0 Å². The zero-order valence-corrected chi connectivity index (χ0v) is 11.2. The molecule has 0 bridgehead atoms. The third-order valence-corrected chi connectivity index (χ3v) is 3.29. The first-order chi connectivity index (χ1) is 8.75. The second kappa shape index (κ2) is 6.25. The van der Waals surface area contributed by atoms with E-state index in [9.17, 15) is 0 Å². The zero-order chi connectivity index (χ0) is 12.8. The Bertz CT molecular complexity index is 476. The summed E-state index contributed by atoms with van der Waals surface area (Å²) in [5.74, 6) is 0.600. The van der Waals surface area contributed by atoms with Crippen molar-refractivity contribution < 1.29 is 0 Å². The van der Waals surface area contributed by atoms with Gasteiger partial charge in [0.2, 0.25) is 0 Å². The normalized spacial score (nSPS) is 12.1. The summed E-state index contributed by atoms with van der Waals surface area (Å²) in [6.45, 7) is 5.42. The van der Waals surface area contributed by atoms with Crippen LogP contribution in [0.5, 0.6) is 0 Å². The summed E-state index contributed by atoms with van der Waals surface area (Å²) in [5, 5.41) is 3.49. The van der Waals surface area contributed by atoms with Crippen molar-refractivity contribution in [2.75, 3.05) is 11.9 Å². The molecular weight excluding hydrogens is 218 g/mol. The molecule has 0 saturated carbocycles. The molecule has 0 spiro atoms. The molecule has 0 radical (unpaired) electrons. The summed E-state index contributed by atoms with van der Waals surface area (Å²) < 4.78 is 0. The maximum atomic E-state index is 3.49. The molecule has 0 saturated heterocycles. The number of nitrogens with one attached hydrogen (secondary N) is 1. The fourth-order valence-electron chi connectivity index (χ4n) is 2.14. The largest absolute Gasteiger partial charge is 0.385 e. The van der Waals surface area contributed by atoms with Crippen molar-refractivity contribution in [3.05, 3.63) is 65.7 Å². The molecule has 18 heavy (non-hydrogen) atoms. The van der Waals surface area contributed by atoms with E-state index in [0.717, 1.165) is 13.0 Å². The summed E-state index contributed by atoms with van der Waals surface area (Å²) in [5.41, 5.74) is 3.94. The van der Waals surface area contributed by atoms with E-state index >= 15 is 0 Å². The zero-order valence-electron chi connectivity index (χ0n) is 11.2. The smallest absolute Gasteiger partial charge is 0.0342 e. The number of aryl methyl sites for hydroxylation is 1. The van der Waals surface area contributed by atoms with Crippen molar-refractivity contribution in [3.63, 3.8) is 0 Å². The van der Waals surface area contributed by atoms with Gasteiger partial charge in [-0.1, -0.05) is 49.4 Å². The first-order valence-corrected chi connectivity index (χ1v) is 6.61. The van der Waals surface area contributed by atoms with E-state index < -0.39 is 0 Å². The molecule has 0 heterocycles. The highest BCUT2D eigenvalue weighted by atomic mass is 14.9. The van der Waals surface area contributed by atoms with E-state index in [0.29, 0.717) is 5.92 Å². The second-order valence-electron chi connectivity index (χ2n) is 4.90. The topological polar surface area (TPSA) is 12.0 Å². The first-order valence-electron chi connectivity index (χ1n) is 6.61. The van der Waals surface area contributed by atoms with Crippen LogP contribution in [0.3, 0.4) is 0 Å². The quantitative estimate of drug-likeness (QED) is 0.804. The highest BCUT2D eigenvalue weighted by Crippen LogP contribution is 2.18. The number of hydrogen-bond donors (Lipinski definition) is 1. The number of anilines is 1. The lowest BCUT2D eigenvalue weighted by molar-refractivity contribution is 0.706. The average Bonchev–Trinajstić information content (AvgIpc) is 2.40. The fraction of sp³-hybridized carbons (Fsp3) is 0.294. The number of benzene rings is 2. The molecule has 2 rings (SSSR count). The highest BCUT2D eigenvalue weighted by molar-refractivity contribution is 5.45. The highest BCUT2D eigenvalue weighted by Gasteiger charge is 2.03. The maximum absolute atomic E-state index is 3.49. The summed E-state index contributed by atoms with van der Waals surface area (Å²) in [6.07, 6.45) is 1.15. The Morgan fingerprint density at radius 2 is 1.78 bits per heavy atom. The van der Waals surface area contributed by atoms with Gasteiger partial charge in [0, 0.05) is 12.2 Å². The molecule has 2 aromatic rings. The Hall–Kier alpha value is -1.76. The molecule has 0 aromatic heterocycles. The monoisotopic (exact) mass is 239 g/mol. The lowest BCUT2D eigenvalue weighted by Crippen LogP contribution is -2.05. The molecule has 1 N–H and O–H groups in total. The summed E-state index contributed by atoms with van der Waals surface area (Å²) in [7, 11) is 0. The Labute approximate surface area is 110 Å². The van der Waals surface area contributed by atoms with Crippen LogP contribution < -0.4 is 5.32 Å². The van der Waals surface area contributed by atoms with Crippen LogP contribution >= 0.6 is 0 Å². The van der Waals surface area contributed by atoms with Crippen LogP contribution in [-0.2, 0) is 0 Å². The van der Waals surface area contributed by atoms with E-state index in [1.165, 1.54) is 16.8 Å². The van der Waals surface area contributed by atoms with Gasteiger partial charge in [0.25, 0.3) is 0 Å². The van der Waals surface area contributed by atoms with Crippen molar-refractivity contribution in [3.8, 4) is 0 Å². The summed E-state index contributed by atoms with van der Waals surface area (Å²) in [6, 6.07) is 19.2. The van der Waals surface area contributed by atoms with Crippen LogP contribution in [0, 0.1) is 6.92 Å². The van der Waals surface area contributed by atoms with Gasteiger partial charge in [-0.15, -0.1) is 0 Å². The number of rotatable bonds is 5. The minimum Gasteiger partial charge on any atom is -0.385 e. The van der Waals surface area contributed by atoms with Gasteiger partial charge < -0.3 is 5.32 Å². The van der Waals surface area contributed by atoms with Crippen molar-refractivity contribution >= 4 is 5.69 Å². The first kappa shape index (κ1) is 12.7. The molecule has 0 aliphatic heterocycles. The standard InChI is InChI=1S/C17H21N/c1-14-7-6-10-17(13-14)18-12-11-15(2)16-8-4-3-5-9-16/h3-10,13,15,18H,11-12H2,1-2H3. The maximum Gasteiger partial charge on any atom is 0.0342 e. The van der Waals surface area contributed by atoms with E-state index in [4.69, 9.17) is 0 Å². The average molecular weight is 239 g/mol. The van der Waals surface area contributed by atoms with E-state index in [-0.39, 0.29) is 0 Å². The molecule has 1 heteroatoms. The van der Waals surface area contributed by atoms with Crippen molar-refractivity contribution in [2.45, 2.75) is 26.2 Å². The minimum atomic E-state index is 0.600. The van der Waals surface area contributed by atoms with Crippen molar-refractivity contribution in [2.24, 2.45) is 0 Å². The lowest BCUT2D eigenvalue weighted by atomic mass is 9.98. The molecular formula is C17H21N. The Morgan fingerprint density at radius 1 is 1.00 bits per heavy atom. The van der Waals surface area contributed by atoms with Gasteiger partial charge >= 0.3 is 0 Å². The van der Waals surface area contributed by atoms with E-state index in [1.54, 1.807) is 0 Å².